The van der Waals surface area contributed by atoms with Crippen LogP contribution >= 0.6 is 24.0 Å². The summed E-state index contributed by atoms with van der Waals surface area (Å²) in [4.78, 5) is 21.3. The fourth-order valence-electron chi connectivity index (χ4n) is 3.82. The zero-order valence-corrected chi connectivity index (χ0v) is 22.1. The van der Waals surface area contributed by atoms with Gasteiger partial charge in [-0.05, 0) is 51.3 Å². The molecule has 1 fully saturated rings. The zero-order valence-electron chi connectivity index (χ0n) is 19.8. The Balaban J connectivity index is 0.00000385. The number of anilines is 1. The van der Waals surface area contributed by atoms with Gasteiger partial charge >= 0.3 is 0 Å². The lowest BCUT2D eigenvalue weighted by molar-refractivity contribution is -0.116. The van der Waals surface area contributed by atoms with Crippen LogP contribution in [-0.2, 0) is 9.53 Å². The van der Waals surface area contributed by atoms with E-state index in [2.05, 4.69) is 52.1 Å². The van der Waals surface area contributed by atoms with Crippen LogP contribution in [0.3, 0.4) is 0 Å². The van der Waals surface area contributed by atoms with Crippen molar-refractivity contribution in [3.63, 3.8) is 0 Å². The van der Waals surface area contributed by atoms with Crippen LogP contribution in [0.2, 0.25) is 0 Å². The maximum Gasteiger partial charge on any atom is 0.227 e. The van der Waals surface area contributed by atoms with E-state index in [0.717, 1.165) is 37.6 Å². The first-order chi connectivity index (χ1) is 15.5. The number of nitrogens with one attached hydrogen (secondary N) is 3. The minimum Gasteiger partial charge on any atom is -0.373 e. The average molecular weight is 566 g/mol. The van der Waals surface area contributed by atoms with Crippen LogP contribution in [0.1, 0.15) is 49.1 Å². The number of aryl methyl sites for hydroxylation is 2. The normalized spacial score (nSPS) is 18.2. The van der Waals surface area contributed by atoms with Gasteiger partial charge in [-0.1, -0.05) is 35.9 Å². The maximum atomic E-state index is 12.2. The summed E-state index contributed by atoms with van der Waals surface area (Å²) in [6.45, 7) is 8.75. The number of nitrogens with zero attached hydrogens (tertiary/aromatic N) is 2. The van der Waals surface area contributed by atoms with Crippen LogP contribution in [0, 0.1) is 19.8 Å². The number of pyridine rings is 1. The number of rotatable bonds is 8. The zero-order chi connectivity index (χ0) is 22.8. The van der Waals surface area contributed by atoms with E-state index >= 15 is 0 Å². The fraction of sp³-hybridized carbons (Fsp3) is 0.480. The number of hydrogen-bond donors (Lipinski definition) is 3. The molecule has 0 aliphatic carbocycles. The number of aliphatic imine (C=N–C) groups is 1. The number of amides is 1. The van der Waals surface area contributed by atoms with Crippen molar-refractivity contribution in [2.75, 3.05) is 31.6 Å². The standard InChI is InChI=1S/C25H35N5O2.HI/c1-4-26-25(27-15-14-23(31)30-22-9-5-7-19(3)29-22)28-17-21-8-6-16-32-24(21)20-12-10-18(2)11-13-20;/h5,7,9-13,21,24H,4,6,8,14-17H2,1-3H3,(H2,26,27,28)(H,29,30,31);1H. The van der Waals surface area contributed by atoms with Crippen molar-refractivity contribution >= 4 is 41.7 Å². The molecule has 3 N–H and O–H groups in total. The lowest BCUT2D eigenvalue weighted by Crippen LogP contribution is -2.39. The van der Waals surface area contributed by atoms with E-state index in [1.807, 2.05) is 26.0 Å². The van der Waals surface area contributed by atoms with Gasteiger partial charge in [-0.2, -0.15) is 0 Å². The molecule has 8 heteroatoms. The molecule has 1 aromatic carbocycles. The molecule has 2 aromatic rings. The molecule has 0 saturated carbocycles. The van der Waals surface area contributed by atoms with Crippen LogP contribution in [0.4, 0.5) is 5.82 Å². The quantitative estimate of drug-likeness (QED) is 0.252. The van der Waals surface area contributed by atoms with Crippen molar-refractivity contribution in [2.24, 2.45) is 10.9 Å². The van der Waals surface area contributed by atoms with Gasteiger partial charge in [-0.3, -0.25) is 9.79 Å². The van der Waals surface area contributed by atoms with Crippen LogP contribution in [0.5, 0.6) is 0 Å². The Hall–Kier alpha value is -2.20. The highest BCUT2D eigenvalue weighted by Gasteiger charge is 2.27. The first-order valence-electron chi connectivity index (χ1n) is 11.5. The molecule has 3 rings (SSSR count). The summed E-state index contributed by atoms with van der Waals surface area (Å²) < 4.78 is 6.12. The maximum absolute atomic E-state index is 12.2. The number of halogens is 1. The van der Waals surface area contributed by atoms with Crippen LogP contribution in [-0.4, -0.2) is 43.1 Å². The fourth-order valence-corrected chi connectivity index (χ4v) is 3.82. The van der Waals surface area contributed by atoms with E-state index < -0.39 is 0 Å². The van der Waals surface area contributed by atoms with E-state index in [1.165, 1.54) is 11.1 Å². The number of ether oxygens (including phenoxy) is 1. The number of hydrogen-bond acceptors (Lipinski definition) is 4. The summed E-state index contributed by atoms with van der Waals surface area (Å²) in [5.41, 5.74) is 3.34. The number of carbonyl (C=O) groups is 1. The molecule has 33 heavy (non-hydrogen) atoms. The van der Waals surface area contributed by atoms with Crippen molar-refractivity contribution in [1.29, 1.82) is 0 Å². The molecule has 1 aliphatic heterocycles. The molecule has 0 radical (unpaired) electrons. The second-order valence-corrected chi connectivity index (χ2v) is 8.21. The number of guanidine groups is 1. The summed E-state index contributed by atoms with van der Waals surface area (Å²) >= 11 is 0. The summed E-state index contributed by atoms with van der Waals surface area (Å²) in [6, 6.07) is 14.2. The second-order valence-electron chi connectivity index (χ2n) is 8.21. The third-order valence-electron chi connectivity index (χ3n) is 5.48. The van der Waals surface area contributed by atoms with Crippen molar-refractivity contribution < 1.29 is 9.53 Å². The van der Waals surface area contributed by atoms with Crippen LogP contribution in [0.25, 0.3) is 0 Å². The predicted octanol–water partition coefficient (Wildman–Crippen LogP) is 4.37. The van der Waals surface area contributed by atoms with Gasteiger partial charge in [0, 0.05) is 44.3 Å². The molecule has 2 heterocycles. The molecule has 1 aliphatic rings. The Kier molecular flexibility index (Phi) is 11.6. The van der Waals surface area contributed by atoms with Gasteiger partial charge in [0.15, 0.2) is 5.96 Å². The summed E-state index contributed by atoms with van der Waals surface area (Å²) in [5.74, 6) is 1.56. The predicted molar refractivity (Wildman–Crippen MR) is 144 cm³/mol. The second kappa shape index (κ2) is 14.1. The Morgan fingerprint density at radius 3 is 2.67 bits per heavy atom. The van der Waals surface area contributed by atoms with Gasteiger partial charge in [0.2, 0.25) is 5.91 Å². The molecule has 0 spiro atoms. The molecule has 2 unspecified atom stereocenters. The topological polar surface area (TPSA) is 87.6 Å². The molecule has 180 valence electrons. The molecule has 2 atom stereocenters. The van der Waals surface area contributed by atoms with E-state index in [-0.39, 0.29) is 36.0 Å². The highest BCUT2D eigenvalue weighted by atomic mass is 127. The molecular formula is C25H36IN5O2. The van der Waals surface area contributed by atoms with Gasteiger partial charge in [0.25, 0.3) is 0 Å². The third kappa shape index (κ3) is 8.92. The minimum absolute atomic E-state index is 0. The molecule has 1 saturated heterocycles. The number of aromatic nitrogens is 1. The number of carbonyl (C=O) groups excluding carboxylic acids is 1. The average Bonchev–Trinajstić information content (AvgIpc) is 2.78. The van der Waals surface area contributed by atoms with E-state index in [0.29, 0.717) is 31.2 Å². The molecular weight excluding hydrogens is 529 g/mol. The van der Waals surface area contributed by atoms with E-state index in [1.54, 1.807) is 6.07 Å². The van der Waals surface area contributed by atoms with Gasteiger partial charge in [-0.15, -0.1) is 24.0 Å². The Labute approximate surface area is 214 Å². The monoisotopic (exact) mass is 565 g/mol. The minimum atomic E-state index is -0.0773. The summed E-state index contributed by atoms with van der Waals surface area (Å²) in [6.07, 6.45) is 2.55. The van der Waals surface area contributed by atoms with Crippen molar-refractivity contribution in [2.45, 2.75) is 46.1 Å². The van der Waals surface area contributed by atoms with Crippen molar-refractivity contribution in [3.05, 3.63) is 59.3 Å². The Bertz CT molecular complexity index is 904. The molecule has 7 nitrogen and oxygen atoms in total. The highest BCUT2D eigenvalue weighted by molar-refractivity contribution is 14.0. The SMILES string of the molecule is CCNC(=NCC1CCCOC1c1ccc(C)cc1)NCCC(=O)Nc1cccc(C)n1.I. The van der Waals surface area contributed by atoms with Gasteiger partial charge < -0.3 is 20.7 Å². The summed E-state index contributed by atoms with van der Waals surface area (Å²) in [7, 11) is 0. The van der Waals surface area contributed by atoms with Crippen LogP contribution in [0.15, 0.2) is 47.5 Å². The lowest BCUT2D eigenvalue weighted by Gasteiger charge is -2.31. The van der Waals surface area contributed by atoms with Crippen molar-refractivity contribution in [3.8, 4) is 0 Å². The van der Waals surface area contributed by atoms with Crippen LogP contribution < -0.4 is 16.0 Å². The number of benzene rings is 1. The first-order valence-corrected chi connectivity index (χ1v) is 11.5. The van der Waals surface area contributed by atoms with E-state index in [9.17, 15) is 4.79 Å². The Morgan fingerprint density at radius 2 is 1.94 bits per heavy atom. The largest absolute Gasteiger partial charge is 0.373 e. The first kappa shape index (κ1) is 27.0. The van der Waals surface area contributed by atoms with Gasteiger partial charge in [0.05, 0.1) is 6.10 Å². The van der Waals surface area contributed by atoms with Gasteiger partial charge in [-0.25, -0.2) is 4.98 Å². The molecule has 1 aromatic heterocycles. The van der Waals surface area contributed by atoms with Crippen molar-refractivity contribution in [1.82, 2.24) is 15.6 Å². The molecule has 1 amide bonds. The third-order valence-corrected chi connectivity index (χ3v) is 5.48. The summed E-state index contributed by atoms with van der Waals surface area (Å²) in [5, 5.41) is 9.37. The highest BCUT2D eigenvalue weighted by Crippen LogP contribution is 2.33. The molecule has 0 bridgehead atoms. The van der Waals surface area contributed by atoms with Gasteiger partial charge in [0.1, 0.15) is 5.82 Å². The van der Waals surface area contributed by atoms with E-state index in [4.69, 9.17) is 9.73 Å². The Morgan fingerprint density at radius 1 is 1.15 bits per heavy atom. The smallest absolute Gasteiger partial charge is 0.227 e. The lowest BCUT2D eigenvalue weighted by atomic mass is 9.89.